The molecule has 1 aromatic heterocycles. The standard InChI is InChI=1S/C24H39N3O4/c1-6-17(7-2)22(29)31-16-23(4,5)15-27-19-13-24(9-11-30-12-10-24)14-25-21(28)20(19)18(8-3)26-27/h17H,6-16H2,1-5H3,(H,25,28). The molecule has 0 bridgehead atoms. The van der Waals surface area contributed by atoms with Crippen LogP contribution < -0.4 is 5.32 Å². The van der Waals surface area contributed by atoms with Crippen molar-refractivity contribution in [1.29, 1.82) is 0 Å². The number of hydrogen-bond donors (Lipinski definition) is 1. The molecule has 0 saturated carbocycles. The predicted molar refractivity (Wildman–Crippen MR) is 119 cm³/mol. The van der Waals surface area contributed by atoms with Gasteiger partial charge in [-0.15, -0.1) is 0 Å². The molecule has 0 aliphatic carbocycles. The van der Waals surface area contributed by atoms with E-state index < -0.39 is 0 Å². The fraction of sp³-hybridized carbons (Fsp3) is 0.792. The van der Waals surface area contributed by atoms with Gasteiger partial charge in [-0.1, -0.05) is 34.6 Å². The van der Waals surface area contributed by atoms with Crippen molar-refractivity contribution in [3.8, 4) is 0 Å². The Labute approximate surface area is 186 Å². The lowest BCUT2D eigenvalue weighted by atomic mass is 9.76. The van der Waals surface area contributed by atoms with Crippen molar-refractivity contribution in [2.75, 3.05) is 26.4 Å². The van der Waals surface area contributed by atoms with Crippen LogP contribution >= 0.6 is 0 Å². The van der Waals surface area contributed by atoms with Crippen molar-refractivity contribution in [3.05, 3.63) is 17.0 Å². The van der Waals surface area contributed by atoms with Gasteiger partial charge in [0.25, 0.3) is 5.91 Å². The van der Waals surface area contributed by atoms with Crippen molar-refractivity contribution >= 4 is 11.9 Å². The first-order valence-electron chi connectivity index (χ1n) is 11.9. The molecule has 1 N–H and O–H groups in total. The Morgan fingerprint density at radius 3 is 2.55 bits per heavy atom. The number of carbonyl (C=O) groups is 2. The number of nitrogens with one attached hydrogen (secondary N) is 1. The third-order valence-corrected chi connectivity index (χ3v) is 6.91. The quantitative estimate of drug-likeness (QED) is 0.634. The Morgan fingerprint density at radius 2 is 1.94 bits per heavy atom. The zero-order valence-electron chi connectivity index (χ0n) is 19.9. The van der Waals surface area contributed by atoms with E-state index in [1.54, 1.807) is 0 Å². The summed E-state index contributed by atoms with van der Waals surface area (Å²) < 4.78 is 13.3. The molecular weight excluding hydrogens is 394 g/mol. The van der Waals surface area contributed by atoms with Gasteiger partial charge in [-0.2, -0.15) is 5.10 Å². The van der Waals surface area contributed by atoms with Gasteiger partial charge in [-0.3, -0.25) is 14.3 Å². The van der Waals surface area contributed by atoms with Crippen LogP contribution in [0, 0.1) is 16.7 Å². The molecule has 2 aliphatic rings. The summed E-state index contributed by atoms with van der Waals surface area (Å²) in [7, 11) is 0. The number of rotatable bonds is 8. The number of carbonyl (C=O) groups excluding carboxylic acids is 2. The average molecular weight is 434 g/mol. The van der Waals surface area contributed by atoms with Crippen molar-refractivity contribution in [3.63, 3.8) is 0 Å². The van der Waals surface area contributed by atoms with Crippen LogP contribution in [0.3, 0.4) is 0 Å². The van der Waals surface area contributed by atoms with Gasteiger partial charge in [0.05, 0.1) is 29.5 Å². The number of aryl methyl sites for hydroxylation is 1. The van der Waals surface area contributed by atoms with Gasteiger partial charge in [0.15, 0.2) is 0 Å². The number of nitrogens with zero attached hydrogens (tertiary/aromatic N) is 2. The molecule has 7 nitrogen and oxygen atoms in total. The molecule has 1 fully saturated rings. The Kier molecular flexibility index (Phi) is 7.45. The number of aromatic nitrogens is 2. The first-order valence-corrected chi connectivity index (χ1v) is 11.9. The molecule has 1 spiro atoms. The van der Waals surface area contributed by atoms with E-state index >= 15 is 0 Å². The molecule has 3 rings (SSSR count). The van der Waals surface area contributed by atoms with E-state index in [2.05, 4.69) is 19.2 Å². The molecule has 1 amide bonds. The minimum Gasteiger partial charge on any atom is -0.465 e. The summed E-state index contributed by atoms with van der Waals surface area (Å²) in [6.45, 7) is 13.3. The molecule has 0 unspecified atom stereocenters. The van der Waals surface area contributed by atoms with E-state index in [9.17, 15) is 9.59 Å². The second kappa shape index (κ2) is 9.72. The van der Waals surface area contributed by atoms with Crippen molar-refractivity contribution in [1.82, 2.24) is 15.1 Å². The second-order valence-electron chi connectivity index (χ2n) is 10.0. The minimum absolute atomic E-state index is 0.0144. The third-order valence-electron chi connectivity index (χ3n) is 6.91. The zero-order chi connectivity index (χ0) is 22.6. The number of hydrogen-bond acceptors (Lipinski definition) is 5. The summed E-state index contributed by atoms with van der Waals surface area (Å²) in [5, 5.41) is 8.00. The Balaban J connectivity index is 1.83. The van der Waals surface area contributed by atoms with Gasteiger partial charge in [0, 0.05) is 31.7 Å². The highest BCUT2D eigenvalue weighted by molar-refractivity contribution is 5.97. The van der Waals surface area contributed by atoms with Crippen LogP contribution in [0.2, 0.25) is 0 Å². The van der Waals surface area contributed by atoms with Gasteiger partial charge < -0.3 is 14.8 Å². The summed E-state index contributed by atoms with van der Waals surface area (Å²) in [5.74, 6) is -0.174. The molecule has 31 heavy (non-hydrogen) atoms. The highest BCUT2D eigenvalue weighted by atomic mass is 16.5. The van der Waals surface area contributed by atoms with E-state index in [-0.39, 0.29) is 28.6 Å². The lowest BCUT2D eigenvalue weighted by Crippen LogP contribution is -2.41. The largest absolute Gasteiger partial charge is 0.465 e. The maximum absolute atomic E-state index is 13.0. The molecular formula is C24H39N3O4. The molecule has 1 saturated heterocycles. The van der Waals surface area contributed by atoms with Crippen LogP contribution in [0.1, 0.15) is 82.0 Å². The lowest BCUT2D eigenvalue weighted by Gasteiger charge is -2.36. The van der Waals surface area contributed by atoms with E-state index in [1.165, 1.54) is 0 Å². The average Bonchev–Trinajstić information content (AvgIpc) is 3.01. The van der Waals surface area contributed by atoms with Gasteiger partial charge in [0.2, 0.25) is 0 Å². The summed E-state index contributed by atoms with van der Waals surface area (Å²) >= 11 is 0. The van der Waals surface area contributed by atoms with Gasteiger partial charge in [-0.05, 0) is 43.9 Å². The van der Waals surface area contributed by atoms with Crippen LogP contribution in [0.25, 0.3) is 0 Å². The summed E-state index contributed by atoms with van der Waals surface area (Å²) in [6.07, 6.45) is 5.00. The molecule has 0 aromatic carbocycles. The summed E-state index contributed by atoms with van der Waals surface area (Å²) in [4.78, 5) is 25.4. The third kappa shape index (κ3) is 5.30. The topological polar surface area (TPSA) is 82.5 Å². The van der Waals surface area contributed by atoms with Crippen LogP contribution in [-0.2, 0) is 33.7 Å². The zero-order valence-corrected chi connectivity index (χ0v) is 19.9. The molecule has 0 atom stereocenters. The lowest BCUT2D eigenvalue weighted by molar-refractivity contribution is -0.152. The molecule has 174 valence electrons. The fourth-order valence-corrected chi connectivity index (χ4v) is 4.76. The summed E-state index contributed by atoms with van der Waals surface area (Å²) in [5.41, 5.74) is 2.34. The fourth-order valence-electron chi connectivity index (χ4n) is 4.76. The maximum Gasteiger partial charge on any atom is 0.308 e. The van der Waals surface area contributed by atoms with Crippen molar-refractivity contribution in [2.24, 2.45) is 16.7 Å². The van der Waals surface area contributed by atoms with E-state index in [0.717, 1.165) is 62.3 Å². The second-order valence-corrected chi connectivity index (χ2v) is 10.0. The van der Waals surface area contributed by atoms with Gasteiger partial charge >= 0.3 is 5.97 Å². The van der Waals surface area contributed by atoms with Crippen LogP contribution in [0.4, 0.5) is 0 Å². The van der Waals surface area contributed by atoms with E-state index in [0.29, 0.717) is 26.1 Å². The maximum atomic E-state index is 13.0. The summed E-state index contributed by atoms with van der Waals surface area (Å²) in [6, 6.07) is 0. The normalized spacial score (nSPS) is 18.6. The van der Waals surface area contributed by atoms with E-state index in [4.69, 9.17) is 14.6 Å². The number of amides is 1. The Morgan fingerprint density at radius 1 is 1.26 bits per heavy atom. The van der Waals surface area contributed by atoms with Gasteiger partial charge in [0.1, 0.15) is 0 Å². The first kappa shape index (κ1) is 23.8. The van der Waals surface area contributed by atoms with Crippen LogP contribution in [0.15, 0.2) is 0 Å². The van der Waals surface area contributed by atoms with Crippen LogP contribution in [0.5, 0.6) is 0 Å². The predicted octanol–water partition coefficient (Wildman–Crippen LogP) is 3.53. The highest BCUT2D eigenvalue weighted by Crippen LogP contribution is 2.38. The van der Waals surface area contributed by atoms with Crippen LogP contribution in [-0.4, -0.2) is 48.0 Å². The van der Waals surface area contributed by atoms with Crippen molar-refractivity contribution in [2.45, 2.75) is 79.7 Å². The number of fused-ring (bicyclic) bond motifs is 1. The number of ether oxygens (including phenoxy) is 2. The van der Waals surface area contributed by atoms with Crippen molar-refractivity contribution < 1.29 is 19.1 Å². The highest BCUT2D eigenvalue weighted by Gasteiger charge is 2.40. The smallest absolute Gasteiger partial charge is 0.308 e. The molecule has 7 heteroatoms. The number of esters is 1. The minimum atomic E-state index is -0.294. The Hall–Kier alpha value is -1.89. The Bertz CT molecular complexity index is 789. The first-order chi connectivity index (χ1) is 14.7. The van der Waals surface area contributed by atoms with Gasteiger partial charge in [-0.25, -0.2) is 0 Å². The molecule has 1 aromatic rings. The molecule has 2 aliphatic heterocycles. The SMILES string of the molecule is CCc1nn(CC(C)(C)COC(=O)C(CC)CC)c2c1C(=O)NCC1(CCOCC1)C2. The van der Waals surface area contributed by atoms with E-state index in [1.807, 2.05) is 25.5 Å². The molecule has 3 heterocycles. The molecule has 0 radical (unpaired) electrons. The monoisotopic (exact) mass is 433 g/mol.